The summed E-state index contributed by atoms with van der Waals surface area (Å²) in [5.41, 5.74) is 7.32. The Balaban J connectivity index is 0.00000192. The van der Waals surface area contributed by atoms with E-state index in [-0.39, 0.29) is 46.2 Å². The fourth-order valence-corrected chi connectivity index (χ4v) is 4.27. The molecule has 0 aliphatic heterocycles. The van der Waals surface area contributed by atoms with Gasteiger partial charge in [-0.3, -0.25) is 9.48 Å². The number of carbonyl (C=O) groups excluding carboxylic acids is 1. The molecule has 0 bridgehead atoms. The maximum atomic E-state index is 12.7. The first kappa shape index (κ1) is 19.2. The van der Waals surface area contributed by atoms with Crippen molar-refractivity contribution in [1.29, 1.82) is 0 Å². The summed E-state index contributed by atoms with van der Waals surface area (Å²) in [5, 5.41) is 3.81. The van der Waals surface area contributed by atoms with Gasteiger partial charge in [0.15, 0.2) is 0 Å². The second-order valence-electron chi connectivity index (χ2n) is 4.82. The summed E-state index contributed by atoms with van der Waals surface area (Å²) in [5.74, 6) is -0.646. The number of fused-ring (bicyclic) bond motifs is 3. The van der Waals surface area contributed by atoms with Crippen LogP contribution >= 0.6 is 23.4 Å². The van der Waals surface area contributed by atoms with Crippen LogP contribution in [0.2, 0.25) is 0 Å². The predicted molar refractivity (Wildman–Crippen MR) is 76.0 cm³/mol. The third-order valence-corrected chi connectivity index (χ3v) is 5.29. The van der Waals surface area contributed by atoms with E-state index in [0.29, 0.717) is 51.5 Å². The smallest absolute Gasteiger partial charge is 0.365 e. The minimum absolute atomic E-state index is 0. The molecule has 0 spiro atoms. The number of nitrogens with two attached hydrogens (primary N) is 1. The molecule has 1 radical (unpaired) electrons. The third kappa shape index (κ3) is 3.61. The molecule has 1 aliphatic rings. The number of thiophene rings is 1. The number of primary amides is 1. The van der Waals surface area contributed by atoms with Crippen LogP contribution < -0.4 is 5.73 Å². The van der Waals surface area contributed by atoms with Crippen molar-refractivity contribution in [2.45, 2.75) is 29.8 Å². The molecule has 0 saturated carbocycles. The van der Waals surface area contributed by atoms with E-state index in [1.165, 1.54) is 6.20 Å². The number of carbonyl (C=O) groups is 1. The molecule has 3 rings (SSSR count). The normalized spacial score (nSPS) is 13.2. The first-order valence-electron chi connectivity index (χ1n) is 6.20. The van der Waals surface area contributed by atoms with Crippen LogP contribution in [0.15, 0.2) is 10.4 Å². The number of halogens is 3. The van der Waals surface area contributed by atoms with Gasteiger partial charge in [-0.25, -0.2) is 0 Å². The van der Waals surface area contributed by atoms with E-state index in [9.17, 15) is 22.5 Å². The topological polar surface area (TPSA) is 81.1 Å². The second kappa shape index (κ2) is 6.99. The molecule has 1 amide bonds. The summed E-state index contributed by atoms with van der Waals surface area (Å²) < 4.78 is 48.7. The van der Waals surface area contributed by atoms with Gasteiger partial charge in [0.25, 0.3) is 5.91 Å². The summed E-state index contributed by atoms with van der Waals surface area (Å²) in [7, 11) is 0. The Morgan fingerprint density at radius 1 is 1.48 bits per heavy atom. The van der Waals surface area contributed by atoms with E-state index < -0.39 is 18.6 Å². The first-order chi connectivity index (χ1) is 10.3. The van der Waals surface area contributed by atoms with Gasteiger partial charge in [-0.15, -0.1) is 11.3 Å². The van der Waals surface area contributed by atoms with Crippen molar-refractivity contribution < 1.29 is 63.8 Å². The molecule has 121 valence electrons. The van der Waals surface area contributed by atoms with Gasteiger partial charge in [0.1, 0.15) is 6.54 Å². The molecule has 0 saturated heterocycles. The maximum Gasteiger partial charge on any atom is 0.408 e. The summed E-state index contributed by atoms with van der Waals surface area (Å²) in [6, 6.07) is 0. The number of amides is 1. The van der Waals surface area contributed by atoms with Crippen LogP contribution in [0, 0.1) is 41.3 Å². The van der Waals surface area contributed by atoms with Crippen molar-refractivity contribution in [2.24, 2.45) is 5.73 Å². The van der Waals surface area contributed by atoms with Crippen molar-refractivity contribution in [2.75, 3.05) is 0 Å². The average molecular weight is 490 g/mol. The third-order valence-electron chi connectivity index (χ3n) is 3.41. The average Bonchev–Trinajstić information content (AvgIpc) is 2.97. The molecular weight excluding hydrogens is 480 g/mol. The summed E-state index contributed by atoms with van der Waals surface area (Å²) in [6.07, 6.45) is -2.05. The van der Waals surface area contributed by atoms with Crippen LogP contribution in [0.3, 0.4) is 0 Å². The zero-order valence-corrected chi connectivity index (χ0v) is 16.9. The molecule has 0 unspecified atom stereocenters. The van der Waals surface area contributed by atoms with Gasteiger partial charge >= 0.3 is 6.18 Å². The molecule has 0 aromatic carbocycles. The molecule has 23 heavy (non-hydrogen) atoms. The molecule has 2 aromatic heterocycles. The Bertz CT molecular complexity index is 758. The molecule has 2 heterocycles. The van der Waals surface area contributed by atoms with E-state index in [1.54, 1.807) is 0 Å². The Morgan fingerprint density at radius 2 is 2.17 bits per heavy atom. The van der Waals surface area contributed by atoms with Crippen molar-refractivity contribution in [3.8, 4) is 11.3 Å². The van der Waals surface area contributed by atoms with Crippen LogP contribution in [-0.4, -0.2) is 26.4 Å². The van der Waals surface area contributed by atoms with Crippen molar-refractivity contribution in [3.63, 3.8) is 0 Å². The maximum absolute atomic E-state index is 12.7. The van der Waals surface area contributed by atoms with Gasteiger partial charge in [-0.2, -0.15) is 18.3 Å². The summed E-state index contributed by atoms with van der Waals surface area (Å²) in [6.45, 7) is -1.22. The van der Waals surface area contributed by atoms with Crippen LogP contribution in [0.5, 0.6) is 0 Å². The van der Waals surface area contributed by atoms with Gasteiger partial charge in [-0.05, 0) is 24.0 Å². The monoisotopic (exact) mass is 490 g/mol. The van der Waals surface area contributed by atoms with E-state index in [0.717, 1.165) is 16.0 Å². The van der Waals surface area contributed by atoms with Crippen LogP contribution in [0.1, 0.15) is 20.8 Å². The Kier molecular flexibility index (Phi) is 5.83. The Labute approximate surface area is 170 Å². The van der Waals surface area contributed by atoms with Gasteiger partial charge in [0, 0.05) is 58.9 Å². The zero-order chi connectivity index (χ0) is 16.1. The van der Waals surface area contributed by atoms with Gasteiger partial charge in [0.05, 0.1) is 21.0 Å². The molecule has 0 atom stereocenters. The first-order valence-corrected chi connectivity index (χ1v) is 7.79. The summed E-state index contributed by atoms with van der Waals surface area (Å²) >= 11 is 1.40. The number of aromatic nitrogens is 2. The molecule has 5 nitrogen and oxygen atoms in total. The quantitative estimate of drug-likeness (QED) is 0.649. The fourth-order valence-electron chi connectivity index (χ4n) is 2.63. The zero-order valence-electron chi connectivity index (χ0n) is 11.6. The number of rotatable bonds is 3. The Morgan fingerprint density at radius 3 is 2.74 bits per heavy atom. The molecule has 11 heteroatoms. The standard InChI is InChI=1S/C12H10F3N3O2S2.Pr/c13-12(14,15)4-18-8-5(3-17-18)1-2-6-7(8)11(22-20)21-9(6)10(16)19;/h3,20H,1-2,4H2,(H2,16,19);. The number of hydrogen-bond acceptors (Lipinski definition) is 5. The van der Waals surface area contributed by atoms with Gasteiger partial charge in [-0.1, -0.05) is 0 Å². The minimum atomic E-state index is -4.41. The fraction of sp³-hybridized carbons (Fsp3) is 0.333. The molecule has 2 aromatic rings. The number of nitrogens with zero attached hydrogens (tertiary/aromatic N) is 2. The predicted octanol–water partition coefficient (Wildman–Crippen LogP) is 2.94. The summed E-state index contributed by atoms with van der Waals surface area (Å²) in [4.78, 5) is 11.8. The SMILES string of the molecule is NC(=O)c1sc(SO)c2c1CCc1cnn(CC(F)(F)F)c1-2.[Pr]. The van der Waals surface area contributed by atoms with E-state index in [1.807, 2.05) is 0 Å². The van der Waals surface area contributed by atoms with Crippen molar-refractivity contribution in [3.05, 3.63) is 22.2 Å². The molecule has 3 N–H and O–H groups in total. The van der Waals surface area contributed by atoms with E-state index >= 15 is 0 Å². The van der Waals surface area contributed by atoms with Gasteiger partial charge in [0.2, 0.25) is 0 Å². The van der Waals surface area contributed by atoms with Crippen LogP contribution in [0.25, 0.3) is 11.3 Å². The molecular formula is C12H10F3N3O2PrS2. The second-order valence-corrected chi connectivity index (χ2v) is 6.69. The number of aryl methyl sites for hydroxylation is 1. The van der Waals surface area contributed by atoms with Crippen LogP contribution in [-0.2, 0) is 19.4 Å². The minimum Gasteiger partial charge on any atom is -0.365 e. The van der Waals surface area contributed by atoms with E-state index in [2.05, 4.69) is 5.10 Å². The number of hydrogen-bond donors (Lipinski definition) is 2. The number of alkyl halides is 3. The largest absolute Gasteiger partial charge is 0.408 e. The van der Waals surface area contributed by atoms with Crippen molar-refractivity contribution in [1.82, 2.24) is 9.78 Å². The molecule has 1 aliphatic carbocycles. The molecule has 0 fully saturated rings. The van der Waals surface area contributed by atoms with Gasteiger partial charge < -0.3 is 10.3 Å². The van der Waals surface area contributed by atoms with E-state index in [4.69, 9.17) is 5.73 Å². The van der Waals surface area contributed by atoms with Crippen LogP contribution in [0.4, 0.5) is 13.2 Å². The van der Waals surface area contributed by atoms with Crippen molar-refractivity contribution >= 4 is 29.3 Å². The Hall–Kier alpha value is -0.156.